The van der Waals surface area contributed by atoms with Crippen LogP contribution < -0.4 is 19.5 Å². The summed E-state index contributed by atoms with van der Waals surface area (Å²) in [5.41, 5.74) is 2.48. The van der Waals surface area contributed by atoms with Gasteiger partial charge in [-0.25, -0.2) is 4.68 Å². The molecule has 1 aliphatic heterocycles. The van der Waals surface area contributed by atoms with Crippen LogP contribution in [0.3, 0.4) is 0 Å². The Hall–Kier alpha value is -2.68. The van der Waals surface area contributed by atoms with Crippen molar-refractivity contribution in [2.24, 2.45) is 0 Å². The number of hydrogen-bond donors (Lipinski definition) is 1. The lowest BCUT2D eigenvalue weighted by molar-refractivity contribution is -0.116. The monoisotopic (exact) mass is 402 g/mol. The Kier molecular flexibility index (Phi) is 4.92. The second kappa shape index (κ2) is 7.38. The molecule has 9 heteroatoms. The summed E-state index contributed by atoms with van der Waals surface area (Å²) < 4.78 is 18.2. The number of carbonyl (C=O) groups excluding carboxylic acids is 1. The maximum atomic E-state index is 12.9. The first kappa shape index (κ1) is 18.7. The van der Waals surface area contributed by atoms with E-state index in [2.05, 4.69) is 15.4 Å². The van der Waals surface area contributed by atoms with E-state index in [9.17, 15) is 4.79 Å². The van der Waals surface area contributed by atoms with Crippen molar-refractivity contribution in [2.45, 2.75) is 30.5 Å². The smallest absolute Gasteiger partial charge is 0.227 e. The van der Waals surface area contributed by atoms with Gasteiger partial charge in [0.15, 0.2) is 17.3 Å². The number of thioether (sulfide) groups is 1. The fourth-order valence-electron chi connectivity index (χ4n) is 3.79. The maximum Gasteiger partial charge on any atom is 0.227 e. The van der Waals surface area contributed by atoms with Crippen LogP contribution >= 0.6 is 11.8 Å². The molecule has 4 rings (SSSR count). The first-order valence-corrected chi connectivity index (χ1v) is 10.2. The normalized spacial score (nSPS) is 18.3. The topological polar surface area (TPSA) is 87.5 Å². The average Bonchev–Trinajstić information content (AvgIpc) is 3.14. The van der Waals surface area contributed by atoms with Crippen LogP contribution in [0.25, 0.3) is 0 Å². The molecule has 0 spiro atoms. The van der Waals surface area contributed by atoms with Gasteiger partial charge < -0.3 is 19.5 Å². The van der Waals surface area contributed by atoms with Gasteiger partial charge in [-0.15, -0.1) is 5.10 Å². The third-order valence-corrected chi connectivity index (χ3v) is 5.57. The lowest BCUT2D eigenvalue weighted by Crippen LogP contribution is -2.31. The maximum absolute atomic E-state index is 12.9. The van der Waals surface area contributed by atoms with E-state index in [-0.39, 0.29) is 5.78 Å². The van der Waals surface area contributed by atoms with E-state index in [1.54, 1.807) is 26.0 Å². The predicted octanol–water partition coefficient (Wildman–Crippen LogP) is 3.05. The van der Waals surface area contributed by atoms with Crippen molar-refractivity contribution >= 4 is 23.5 Å². The highest BCUT2D eigenvalue weighted by Crippen LogP contribution is 2.45. The van der Waals surface area contributed by atoms with Crippen LogP contribution in [0.4, 0.5) is 5.95 Å². The summed E-state index contributed by atoms with van der Waals surface area (Å²) in [4.78, 5) is 17.4. The van der Waals surface area contributed by atoms with E-state index in [1.807, 2.05) is 18.4 Å². The average molecular weight is 402 g/mol. The lowest BCUT2D eigenvalue weighted by atomic mass is 9.85. The van der Waals surface area contributed by atoms with E-state index < -0.39 is 6.04 Å². The summed E-state index contributed by atoms with van der Waals surface area (Å²) in [6.07, 6.45) is 4.09. The van der Waals surface area contributed by atoms with Gasteiger partial charge in [0.25, 0.3) is 0 Å². The largest absolute Gasteiger partial charge is 0.493 e. The van der Waals surface area contributed by atoms with Crippen molar-refractivity contribution in [1.82, 2.24) is 14.8 Å². The first-order valence-electron chi connectivity index (χ1n) is 8.95. The number of ether oxygens (including phenoxy) is 3. The van der Waals surface area contributed by atoms with Gasteiger partial charge in [-0.1, -0.05) is 11.8 Å². The van der Waals surface area contributed by atoms with Gasteiger partial charge in [0.05, 0.1) is 21.3 Å². The second-order valence-corrected chi connectivity index (χ2v) is 7.30. The highest BCUT2D eigenvalue weighted by molar-refractivity contribution is 7.98. The molecule has 0 unspecified atom stereocenters. The van der Waals surface area contributed by atoms with Crippen LogP contribution in [0.1, 0.15) is 30.9 Å². The summed E-state index contributed by atoms with van der Waals surface area (Å²) >= 11 is 1.46. The molecule has 0 fully saturated rings. The number of methoxy groups -OCH3 is 3. The standard InChI is InChI=1S/C19H22N4O4S/c1-25-13-8-10(9-14(26-2)17(13)27-3)16-15-11(6-5-7-12(15)24)20-18-21-19(28-4)22-23(16)18/h8-9,16H,5-7H2,1-4H3,(H,20,21,22)/t16-/m1/s1. The highest BCUT2D eigenvalue weighted by Gasteiger charge is 2.37. The fraction of sp³-hybridized carbons (Fsp3) is 0.421. The number of nitrogens with zero attached hydrogens (tertiary/aromatic N) is 3. The highest BCUT2D eigenvalue weighted by atomic mass is 32.2. The number of hydrogen-bond acceptors (Lipinski definition) is 8. The zero-order valence-electron chi connectivity index (χ0n) is 16.2. The van der Waals surface area contributed by atoms with Crippen molar-refractivity contribution in [1.29, 1.82) is 0 Å². The summed E-state index contributed by atoms with van der Waals surface area (Å²) in [6.45, 7) is 0. The second-order valence-electron chi connectivity index (χ2n) is 6.52. The zero-order chi connectivity index (χ0) is 19.8. The van der Waals surface area contributed by atoms with E-state index in [1.165, 1.54) is 11.8 Å². The van der Waals surface area contributed by atoms with Crippen LogP contribution in [0, 0.1) is 0 Å². The van der Waals surface area contributed by atoms with Crippen molar-refractivity contribution < 1.29 is 19.0 Å². The van der Waals surface area contributed by atoms with Gasteiger partial charge in [-0.05, 0) is 36.8 Å². The minimum absolute atomic E-state index is 0.124. The molecule has 0 radical (unpaired) electrons. The number of rotatable bonds is 5. The lowest BCUT2D eigenvalue weighted by Gasteiger charge is -2.32. The van der Waals surface area contributed by atoms with E-state index in [0.717, 1.165) is 29.7 Å². The molecule has 2 heterocycles. The van der Waals surface area contributed by atoms with E-state index in [0.29, 0.717) is 34.8 Å². The number of Topliss-reactive ketones (excluding diaryl/α,β-unsaturated/α-hetero) is 1. The summed E-state index contributed by atoms with van der Waals surface area (Å²) in [6, 6.07) is 3.34. The van der Waals surface area contributed by atoms with Crippen molar-refractivity contribution in [2.75, 3.05) is 32.9 Å². The Morgan fingerprint density at radius 3 is 2.46 bits per heavy atom. The molecule has 1 aromatic carbocycles. The van der Waals surface area contributed by atoms with Crippen LogP contribution in [0.15, 0.2) is 28.6 Å². The Labute approximate surface area is 167 Å². The Morgan fingerprint density at radius 1 is 1.14 bits per heavy atom. The molecule has 2 aliphatic rings. The van der Waals surface area contributed by atoms with Gasteiger partial charge in [-0.3, -0.25) is 4.79 Å². The fourth-order valence-corrected chi connectivity index (χ4v) is 4.14. The minimum atomic E-state index is -0.402. The van der Waals surface area contributed by atoms with Gasteiger partial charge in [0.1, 0.15) is 6.04 Å². The number of fused-ring (bicyclic) bond motifs is 1. The number of benzene rings is 1. The number of anilines is 1. The van der Waals surface area contributed by atoms with Crippen molar-refractivity contribution in [3.63, 3.8) is 0 Å². The molecule has 2 aromatic rings. The number of allylic oxidation sites excluding steroid dienone is 2. The molecule has 1 N–H and O–H groups in total. The summed E-state index contributed by atoms with van der Waals surface area (Å²) in [5.74, 6) is 2.34. The molecule has 0 saturated heterocycles. The molecule has 0 saturated carbocycles. The molecule has 148 valence electrons. The molecular formula is C19H22N4O4S. The van der Waals surface area contributed by atoms with Crippen LogP contribution in [0.5, 0.6) is 17.2 Å². The van der Waals surface area contributed by atoms with Gasteiger partial charge in [-0.2, -0.15) is 4.98 Å². The van der Waals surface area contributed by atoms with E-state index >= 15 is 0 Å². The van der Waals surface area contributed by atoms with Crippen molar-refractivity contribution in [3.8, 4) is 17.2 Å². The number of carbonyl (C=O) groups is 1. The number of nitrogens with one attached hydrogen (secondary N) is 1. The van der Waals surface area contributed by atoms with E-state index in [4.69, 9.17) is 14.2 Å². The van der Waals surface area contributed by atoms with Crippen LogP contribution in [-0.4, -0.2) is 48.1 Å². The Bertz CT molecular complexity index is 944. The summed E-state index contributed by atoms with van der Waals surface area (Å²) in [7, 11) is 4.72. The molecular weight excluding hydrogens is 380 g/mol. The number of ketones is 1. The SMILES string of the molecule is COc1cc([C@@H]2C3=C(CCCC3=O)Nc3nc(SC)nn32)cc(OC)c1OC. The third kappa shape index (κ3) is 2.90. The molecule has 0 bridgehead atoms. The van der Waals surface area contributed by atoms with Gasteiger partial charge in [0, 0.05) is 17.7 Å². The quantitative estimate of drug-likeness (QED) is 0.764. The van der Waals surface area contributed by atoms with Crippen LogP contribution in [-0.2, 0) is 4.79 Å². The molecule has 0 amide bonds. The molecule has 1 aromatic heterocycles. The Balaban J connectivity index is 1.94. The number of aromatic nitrogens is 3. The van der Waals surface area contributed by atoms with Crippen LogP contribution in [0.2, 0.25) is 0 Å². The first-order chi connectivity index (χ1) is 13.6. The van der Waals surface area contributed by atoms with Gasteiger partial charge >= 0.3 is 0 Å². The minimum Gasteiger partial charge on any atom is -0.493 e. The molecule has 1 aliphatic carbocycles. The third-order valence-electron chi connectivity index (χ3n) is 5.03. The predicted molar refractivity (Wildman–Crippen MR) is 106 cm³/mol. The zero-order valence-corrected chi connectivity index (χ0v) is 17.1. The molecule has 1 atom stereocenters. The molecule has 28 heavy (non-hydrogen) atoms. The summed E-state index contributed by atoms with van der Waals surface area (Å²) in [5, 5.41) is 8.57. The van der Waals surface area contributed by atoms with Gasteiger partial charge in [0.2, 0.25) is 16.9 Å². The Morgan fingerprint density at radius 2 is 1.86 bits per heavy atom. The molecule has 8 nitrogen and oxygen atoms in total. The van der Waals surface area contributed by atoms with Crippen molar-refractivity contribution in [3.05, 3.63) is 29.0 Å².